The predicted octanol–water partition coefficient (Wildman–Crippen LogP) is 4.48. The lowest BCUT2D eigenvalue weighted by molar-refractivity contribution is 0.320. The number of aliphatic imine (C=N–C) groups is 1. The van der Waals surface area contributed by atoms with Gasteiger partial charge in [-0.05, 0) is 35.1 Å². The van der Waals surface area contributed by atoms with E-state index in [9.17, 15) is 0 Å². The zero-order valence-corrected chi connectivity index (χ0v) is 11.6. The largest absolute Gasteiger partial charge is 0.463 e. The molecule has 0 radical (unpaired) electrons. The first-order valence-corrected chi connectivity index (χ1v) is 6.56. The van der Waals surface area contributed by atoms with Crippen molar-refractivity contribution in [2.24, 2.45) is 10.4 Å². The number of nitrogens with zero attached hydrogens (tertiary/aromatic N) is 1. The Morgan fingerprint density at radius 3 is 2.89 bits per heavy atom. The summed E-state index contributed by atoms with van der Waals surface area (Å²) in [4.78, 5) is 4.66. The zero-order chi connectivity index (χ0) is 12.9. The Kier molecular flexibility index (Phi) is 2.53. The van der Waals surface area contributed by atoms with Crippen LogP contribution in [0.4, 0.5) is 0 Å². The van der Waals surface area contributed by atoms with Gasteiger partial charge in [0.2, 0.25) is 0 Å². The maximum atomic E-state index is 6.21. The minimum Gasteiger partial charge on any atom is -0.463 e. The molecule has 0 saturated heterocycles. The maximum absolute atomic E-state index is 6.21. The number of hydrogen-bond donors (Lipinski definition) is 0. The van der Waals surface area contributed by atoms with Gasteiger partial charge in [-0.25, -0.2) is 0 Å². The van der Waals surface area contributed by atoms with E-state index in [4.69, 9.17) is 16.0 Å². The molecule has 2 nitrogen and oxygen atoms in total. The van der Waals surface area contributed by atoms with E-state index in [1.165, 1.54) is 5.56 Å². The molecule has 0 spiro atoms. The summed E-state index contributed by atoms with van der Waals surface area (Å²) in [5.41, 5.74) is 3.38. The molecule has 2 heterocycles. The Morgan fingerprint density at radius 1 is 1.39 bits per heavy atom. The van der Waals surface area contributed by atoms with Crippen molar-refractivity contribution in [3.63, 3.8) is 0 Å². The van der Waals surface area contributed by atoms with Gasteiger partial charge in [0.1, 0.15) is 0 Å². The molecule has 0 saturated carbocycles. The molecule has 0 aliphatic carbocycles. The molecule has 18 heavy (non-hydrogen) atoms. The molecule has 1 aromatic heterocycles. The highest BCUT2D eigenvalue weighted by molar-refractivity contribution is 6.35. The highest BCUT2D eigenvalue weighted by Gasteiger charge is 2.28. The molecular formula is C15H16ClNO. The van der Waals surface area contributed by atoms with Gasteiger partial charge < -0.3 is 4.42 Å². The fraction of sp³-hybridized carbons (Fsp3) is 0.400. The molecule has 1 aromatic carbocycles. The van der Waals surface area contributed by atoms with Gasteiger partial charge in [0, 0.05) is 11.6 Å². The number of halogens is 1. The molecule has 1 aliphatic heterocycles. The Bertz CT molecular complexity index is 634. The van der Waals surface area contributed by atoms with E-state index in [0.29, 0.717) is 11.1 Å². The topological polar surface area (TPSA) is 25.5 Å². The van der Waals surface area contributed by atoms with Crippen molar-refractivity contribution in [2.45, 2.75) is 33.2 Å². The van der Waals surface area contributed by atoms with Gasteiger partial charge in [0.25, 0.3) is 0 Å². The summed E-state index contributed by atoms with van der Waals surface area (Å²) in [5, 5.41) is 1.78. The third kappa shape index (κ3) is 1.76. The van der Waals surface area contributed by atoms with Crippen molar-refractivity contribution < 1.29 is 4.42 Å². The van der Waals surface area contributed by atoms with Crippen LogP contribution in [0.5, 0.6) is 0 Å². The van der Waals surface area contributed by atoms with E-state index in [1.54, 1.807) is 6.26 Å². The fourth-order valence-corrected chi connectivity index (χ4v) is 2.73. The van der Waals surface area contributed by atoms with Crippen molar-refractivity contribution in [1.82, 2.24) is 0 Å². The van der Waals surface area contributed by atoms with Crippen LogP contribution in [0.1, 0.15) is 31.9 Å². The Labute approximate surface area is 112 Å². The summed E-state index contributed by atoms with van der Waals surface area (Å²) < 4.78 is 5.46. The van der Waals surface area contributed by atoms with Gasteiger partial charge in [0.05, 0.1) is 17.3 Å². The summed E-state index contributed by atoms with van der Waals surface area (Å²) in [7, 11) is 0. The molecule has 2 aromatic rings. The van der Waals surface area contributed by atoms with E-state index < -0.39 is 0 Å². The lowest BCUT2D eigenvalue weighted by Crippen LogP contribution is -2.29. The van der Waals surface area contributed by atoms with Gasteiger partial charge in [-0.2, -0.15) is 0 Å². The SMILES string of the molecule is CC(C)(C)C1Cc2c(cc(Cl)c3occc23)C=N1. The highest BCUT2D eigenvalue weighted by Crippen LogP contribution is 2.36. The third-order valence-electron chi connectivity index (χ3n) is 3.63. The van der Waals surface area contributed by atoms with Crippen molar-refractivity contribution in [2.75, 3.05) is 0 Å². The molecule has 94 valence electrons. The zero-order valence-electron chi connectivity index (χ0n) is 10.8. The predicted molar refractivity (Wildman–Crippen MR) is 75.8 cm³/mol. The lowest BCUT2D eigenvalue weighted by Gasteiger charge is -2.30. The molecule has 3 heteroatoms. The monoisotopic (exact) mass is 261 g/mol. The van der Waals surface area contributed by atoms with Crippen LogP contribution in [-0.4, -0.2) is 12.3 Å². The number of fused-ring (bicyclic) bond motifs is 3. The van der Waals surface area contributed by atoms with E-state index in [1.807, 2.05) is 18.3 Å². The van der Waals surface area contributed by atoms with Gasteiger partial charge in [-0.3, -0.25) is 4.99 Å². The van der Waals surface area contributed by atoms with Crippen LogP contribution in [0.15, 0.2) is 27.8 Å². The Hall–Kier alpha value is -1.28. The molecule has 0 amide bonds. The lowest BCUT2D eigenvalue weighted by atomic mass is 9.80. The summed E-state index contributed by atoms with van der Waals surface area (Å²) in [6, 6.07) is 4.26. The van der Waals surface area contributed by atoms with Crippen molar-refractivity contribution >= 4 is 28.8 Å². The first kappa shape index (κ1) is 11.8. The second-order valence-electron chi connectivity index (χ2n) is 5.95. The molecule has 0 bridgehead atoms. The molecule has 0 N–H and O–H groups in total. The average molecular weight is 262 g/mol. The van der Waals surface area contributed by atoms with Crippen LogP contribution in [0.2, 0.25) is 5.02 Å². The Morgan fingerprint density at radius 2 is 2.17 bits per heavy atom. The Balaban J connectivity index is 2.18. The number of benzene rings is 1. The van der Waals surface area contributed by atoms with Crippen LogP contribution in [0.25, 0.3) is 11.0 Å². The minimum atomic E-state index is 0.171. The van der Waals surface area contributed by atoms with E-state index in [0.717, 1.165) is 23.0 Å². The van der Waals surface area contributed by atoms with Crippen LogP contribution >= 0.6 is 11.6 Å². The first-order chi connectivity index (χ1) is 8.47. The first-order valence-electron chi connectivity index (χ1n) is 6.18. The minimum absolute atomic E-state index is 0.171. The third-order valence-corrected chi connectivity index (χ3v) is 3.91. The number of rotatable bonds is 0. The van der Waals surface area contributed by atoms with Gasteiger partial charge in [-0.15, -0.1) is 0 Å². The highest BCUT2D eigenvalue weighted by atomic mass is 35.5. The molecule has 0 fully saturated rings. The molecule has 3 rings (SSSR count). The standard InChI is InChI=1S/C15H16ClNO/c1-15(2,3)13-7-11-9(8-17-13)6-12(16)14-10(11)4-5-18-14/h4-6,8,13H,7H2,1-3H3. The van der Waals surface area contributed by atoms with Crippen LogP contribution in [-0.2, 0) is 6.42 Å². The maximum Gasteiger partial charge on any atom is 0.152 e. The van der Waals surface area contributed by atoms with Gasteiger partial charge >= 0.3 is 0 Å². The van der Waals surface area contributed by atoms with Crippen LogP contribution < -0.4 is 0 Å². The average Bonchev–Trinajstić information content (AvgIpc) is 2.77. The normalized spacial score (nSPS) is 19.2. The molecule has 1 atom stereocenters. The summed E-state index contributed by atoms with van der Waals surface area (Å²) in [5.74, 6) is 0. The van der Waals surface area contributed by atoms with Crippen molar-refractivity contribution in [1.29, 1.82) is 0 Å². The number of hydrogen-bond acceptors (Lipinski definition) is 2. The number of furan rings is 1. The second kappa shape index (κ2) is 3.86. The fourth-order valence-electron chi connectivity index (χ4n) is 2.47. The smallest absolute Gasteiger partial charge is 0.152 e. The second-order valence-corrected chi connectivity index (χ2v) is 6.36. The molecule has 1 unspecified atom stereocenters. The summed E-state index contributed by atoms with van der Waals surface area (Å²) in [6.45, 7) is 6.67. The molecule has 1 aliphatic rings. The van der Waals surface area contributed by atoms with Crippen LogP contribution in [0.3, 0.4) is 0 Å². The summed E-state index contributed by atoms with van der Waals surface area (Å²) >= 11 is 6.21. The van der Waals surface area contributed by atoms with E-state index >= 15 is 0 Å². The van der Waals surface area contributed by atoms with Crippen molar-refractivity contribution in [3.8, 4) is 0 Å². The van der Waals surface area contributed by atoms with Gasteiger partial charge in [-0.1, -0.05) is 32.4 Å². The van der Waals surface area contributed by atoms with E-state index in [-0.39, 0.29) is 5.41 Å². The van der Waals surface area contributed by atoms with E-state index in [2.05, 4.69) is 25.8 Å². The summed E-state index contributed by atoms with van der Waals surface area (Å²) in [6.07, 6.45) is 4.60. The van der Waals surface area contributed by atoms with Gasteiger partial charge in [0.15, 0.2) is 5.58 Å². The quantitative estimate of drug-likeness (QED) is 0.687. The molecular weight excluding hydrogens is 246 g/mol. The van der Waals surface area contributed by atoms with Crippen LogP contribution in [0, 0.1) is 5.41 Å². The van der Waals surface area contributed by atoms with Crippen molar-refractivity contribution in [3.05, 3.63) is 34.5 Å².